The zero-order valence-corrected chi connectivity index (χ0v) is 7.67. The molecular formula is C9H8O3S. The van der Waals surface area contributed by atoms with Gasteiger partial charge in [0.1, 0.15) is 6.61 Å². The quantitative estimate of drug-likeness (QED) is 0.537. The van der Waals surface area contributed by atoms with Crippen LogP contribution in [0.25, 0.3) is 0 Å². The van der Waals surface area contributed by atoms with Crippen LogP contribution in [-0.2, 0) is 15.1 Å². The molecule has 2 rings (SSSR count). The topological polar surface area (TPSA) is 35.5 Å². The van der Waals surface area contributed by atoms with Gasteiger partial charge in [0.05, 0.1) is 0 Å². The Balaban J connectivity index is 2.37. The molecule has 0 aliphatic carbocycles. The Labute approximate surface area is 79.6 Å². The zero-order valence-electron chi connectivity index (χ0n) is 6.86. The molecule has 1 saturated heterocycles. The first kappa shape index (κ1) is 8.31. The lowest BCUT2D eigenvalue weighted by atomic mass is 9.98. The van der Waals surface area contributed by atoms with Crippen molar-refractivity contribution in [3.05, 3.63) is 35.0 Å². The average Bonchev–Trinajstić information content (AvgIpc) is 2.73. The van der Waals surface area contributed by atoms with Gasteiger partial charge in [-0.3, -0.25) is 0 Å². The number of ether oxygens (including phenoxy) is 2. The largest absolute Gasteiger partial charge is 0.509 e. The maximum atomic E-state index is 10.8. The molecule has 0 bridgehead atoms. The van der Waals surface area contributed by atoms with Gasteiger partial charge < -0.3 is 9.47 Å². The van der Waals surface area contributed by atoms with E-state index in [1.54, 1.807) is 17.4 Å². The van der Waals surface area contributed by atoms with Crippen molar-refractivity contribution in [2.24, 2.45) is 0 Å². The Morgan fingerprint density at radius 1 is 1.69 bits per heavy atom. The van der Waals surface area contributed by atoms with E-state index < -0.39 is 11.8 Å². The first-order valence-corrected chi connectivity index (χ1v) is 4.73. The molecule has 0 saturated carbocycles. The monoisotopic (exact) mass is 196 g/mol. The molecule has 0 spiro atoms. The fraction of sp³-hybridized carbons (Fsp3) is 0.222. The smallest absolute Gasteiger partial charge is 0.429 e. The summed E-state index contributed by atoms with van der Waals surface area (Å²) in [6.07, 6.45) is 0.964. The van der Waals surface area contributed by atoms with Crippen molar-refractivity contribution >= 4 is 17.5 Å². The van der Waals surface area contributed by atoms with Crippen LogP contribution >= 0.6 is 11.3 Å². The maximum absolute atomic E-state index is 10.8. The highest BCUT2D eigenvalue weighted by Crippen LogP contribution is 2.33. The van der Waals surface area contributed by atoms with Crippen LogP contribution in [0.4, 0.5) is 4.79 Å². The normalized spacial score (nSPS) is 26.6. The third kappa shape index (κ3) is 1.23. The Bertz CT molecular complexity index is 331. The third-order valence-corrected chi connectivity index (χ3v) is 2.69. The lowest BCUT2D eigenvalue weighted by molar-refractivity contribution is 0.0890. The highest BCUT2D eigenvalue weighted by Gasteiger charge is 2.41. The van der Waals surface area contributed by atoms with Crippen molar-refractivity contribution in [3.8, 4) is 0 Å². The summed E-state index contributed by atoms with van der Waals surface area (Å²) in [5, 5.41) is 3.84. The molecule has 0 radical (unpaired) electrons. The van der Waals surface area contributed by atoms with Gasteiger partial charge in [-0.05, 0) is 22.9 Å². The summed E-state index contributed by atoms with van der Waals surface area (Å²) in [6, 6.07) is 1.90. The molecule has 3 nitrogen and oxygen atoms in total. The second-order valence-electron chi connectivity index (χ2n) is 2.75. The SMILES string of the molecule is C=CC1(c2ccsc2)COC(=O)O1. The molecule has 0 amide bonds. The van der Waals surface area contributed by atoms with Crippen molar-refractivity contribution in [1.29, 1.82) is 0 Å². The van der Waals surface area contributed by atoms with Crippen LogP contribution in [0.5, 0.6) is 0 Å². The van der Waals surface area contributed by atoms with Gasteiger partial charge >= 0.3 is 6.16 Å². The summed E-state index contributed by atoms with van der Waals surface area (Å²) < 4.78 is 9.83. The standard InChI is InChI=1S/C9H8O3S/c1-2-9(6-11-8(10)12-9)7-3-4-13-5-7/h2-5H,1,6H2. The minimum absolute atomic E-state index is 0.214. The van der Waals surface area contributed by atoms with Crippen LogP contribution in [0.2, 0.25) is 0 Å². The van der Waals surface area contributed by atoms with Gasteiger partial charge in [-0.1, -0.05) is 6.58 Å². The molecule has 0 N–H and O–H groups in total. The van der Waals surface area contributed by atoms with Crippen LogP contribution in [0, 0.1) is 0 Å². The first-order valence-electron chi connectivity index (χ1n) is 3.79. The van der Waals surface area contributed by atoms with E-state index in [9.17, 15) is 4.79 Å². The van der Waals surface area contributed by atoms with Crippen LogP contribution in [0.1, 0.15) is 5.56 Å². The van der Waals surface area contributed by atoms with E-state index >= 15 is 0 Å². The Kier molecular flexibility index (Phi) is 1.84. The Morgan fingerprint density at radius 2 is 2.54 bits per heavy atom. The second-order valence-corrected chi connectivity index (χ2v) is 3.53. The fourth-order valence-corrected chi connectivity index (χ4v) is 1.97. The molecule has 2 heterocycles. The fourth-order valence-electron chi connectivity index (χ4n) is 1.24. The summed E-state index contributed by atoms with van der Waals surface area (Å²) >= 11 is 1.55. The molecule has 1 fully saturated rings. The highest BCUT2D eigenvalue weighted by atomic mass is 32.1. The first-order chi connectivity index (χ1) is 6.27. The molecule has 4 heteroatoms. The van der Waals surface area contributed by atoms with Crippen LogP contribution < -0.4 is 0 Å². The lowest BCUT2D eigenvalue weighted by Gasteiger charge is -2.18. The van der Waals surface area contributed by atoms with Gasteiger partial charge in [0.2, 0.25) is 0 Å². The molecule has 1 aromatic heterocycles. The van der Waals surface area contributed by atoms with Gasteiger partial charge in [-0.25, -0.2) is 4.79 Å². The summed E-state index contributed by atoms with van der Waals surface area (Å²) in [6.45, 7) is 3.87. The highest BCUT2D eigenvalue weighted by molar-refractivity contribution is 7.08. The van der Waals surface area contributed by atoms with E-state index in [0.717, 1.165) is 5.56 Å². The number of hydrogen-bond acceptors (Lipinski definition) is 4. The van der Waals surface area contributed by atoms with Crippen LogP contribution in [0.15, 0.2) is 29.5 Å². The number of carbonyl (C=O) groups excluding carboxylic acids is 1. The van der Waals surface area contributed by atoms with Gasteiger partial charge in [0.15, 0.2) is 5.60 Å². The maximum Gasteiger partial charge on any atom is 0.509 e. The van der Waals surface area contributed by atoms with Crippen LogP contribution in [-0.4, -0.2) is 12.8 Å². The van der Waals surface area contributed by atoms with Gasteiger partial charge in [0.25, 0.3) is 0 Å². The minimum Gasteiger partial charge on any atom is -0.429 e. The van der Waals surface area contributed by atoms with Gasteiger partial charge in [0, 0.05) is 5.56 Å². The summed E-state index contributed by atoms with van der Waals surface area (Å²) in [7, 11) is 0. The summed E-state index contributed by atoms with van der Waals surface area (Å²) in [5.74, 6) is 0. The molecular weight excluding hydrogens is 188 g/mol. The van der Waals surface area contributed by atoms with E-state index in [0.29, 0.717) is 0 Å². The number of thiophene rings is 1. The van der Waals surface area contributed by atoms with Crippen molar-refractivity contribution in [1.82, 2.24) is 0 Å². The van der Waals surface area contributed by atoms with E-state index in [2.05, 4.69) is 6.58 Å². The second kappa shape index (κ2) is 2.88. The van der Waals surface area contributed by atoms with E-state index in [4.69, 9.17) is 9.47 Å². The molecule has 1 aromatic rings. The third-order valence-electron chi connectivity index (χ3n) is 2.01. The molecule has 1 aliphatic heterocycles. The predicted molar refractivity (Wildman–Crippen MR) is 48.6 cm³/mol. The summed E-state index contributed by atoms with van der Waals surface area (Å²) in [5.41, 5.74) is 0.148. The average molecular weight is 196 g/mol. The van der Waals surface area contributed by atoms with Crippen molar-refractivity contribution < 1.29 is 14.3 Å². The van der Waals surface area contributed by atoms with E-state index in [1.807, 2.05) is 16.8 Å². The lowest BCUT2D eigenvalue weighted by Crippen LogP contribution is -2.24. The molecule has 68 valence electrons. The Morgan fingerprint density at radius 3 is 3.00 bits per heavy atom. The molecule has 13 heavy (non-hydrogen) atoms. The molecule has 0 aromatic carbocycles. The van der Waals surface area contributed by atoms with Crippen molar-refractivity contribution in [2.45, 2.75) is 5.60 Å². The van der Waals surface area contributed by atoms with E-state index in [1.165, 1.54) is 0 Å². The van der Waals surface area contributed by atoms with Gasteiger partial charge in [-0.15, -0.1) is 0 Å². The number of cyclic esters (lactones) is 2. The van der Waals surface area contributed by atoms with Crippen LogP contribution in [0.3, 0.4) is 0 Å². The Hall–Kier alpha value is -1.29. The van der Waals surface area contributed by atoms with Crippen molar-refractivity contribution in [3.63, 3.8) is 0 Å². The zero-order chi connectivity index (χ0) is 9.31. The predicted octanol–water partition coefficient (Wildman–Crippen LogP) is 2.30. The molecule has 1 aliphatic rings. The molecule has 1 atom stereocenters. The minimum atomic E-state index is -0.767. The van der Waals surface area contributed by atoms with Crippen molar-refractivity contribution in [2.75, 3.05) is 6.61 Å². The number of rotatable bonds is 2. The van der Waals surface area contributed by atoms with Gasteiger partial charge in [-0.2, -0.15) is 11.3 Å². The van der Waals surface area contributed by atoms with E-state index in [-0.39, 0.29) is 6.61 Å². The number of hydrogen-bond donors (Lipinski definition) is 0. The number of carbonyl (C=O) groups is 1. The summed E-state index contributed by atoms with van der Waals surface area (Å²) in [4.78, 5) is 10.8. The molecule has 1 unspecified atom stereocenters.